The molecule has 0 aliphatic rings. The Morgan fingerprint density at radius 3 is 2.54 bits per heavy atom. The van der Waals surface area contributed by atoms with E-state index in [-0.39, 0.29) is 11.6 Å². The third-order valence-corrected chi connectivity index (χ3v) is 5.26. The van der Waals surface area contributed by atoms with E-state index in [0.717, 1.165) is 17.8 Å². The summed E-state index contributed by atoms with van der Waals surface area (Å²) in [6, 6.07) is 12.3. The van der Waals surface area contributed by atoms with Crippen LogP contribution < -0.4 is 4.72 Å². The number of halogens is 1. The molecule has 0 amide bonds. The molecule has 1 N–H and O–H groups in total. The van der Waals surface area contributed by atoms with Crippen LogP contribution in [-0.2, 0) is 16.6 Å². The van der Waals surface area contributed by atoms with Crippen molar-refractivity contribution in [2.45, 2.75) is 11.4 Å². The molecule has 3 aromatic rings. The van der Waals surface area contributed by atoms with E-state index in [1.807, 2.05) is 0 Å². The molecular weight excluding hydrogens is 380 g/mol. The highest BCUT2D eigenvalue weighted by Crippen LogP contribution is 2.27. The maximum absolute atomic E-state index is 12.4. The average molecular weight is 393 g/mol. The average Bonchev–Trinajstić information content (AvgIpc) is 3.15. The van der Waals surface area contributed by atoms with Crippen LogP contribution in [0.5, 0.6) is 0 Å². The first-order valence-electron chi connectivity index (χ1n) is 7.39. The van der Waals surface area contributed by atoms with E-state index in [1.165, 1.54) is 6.07 Å². The lowest BCUT2D eigenvalue weighted by Gasteiger charge is -2.08. The highest BCUT2D eigenvalue weighted by molar-refractivity contribution is 7.89. The fourth-order valence-electron chi connectivity index (χ4n) is 2.30. The number of hydrogen-bond donors (Lipinski definition) is 1. The number of sulfonamides is 1. The van der Waals surface area contributed by atoms with Gasteiger partial charge in [-0.1, -0.05) is 23.7 Å². The molecule has 0 atom stereocenters. The predicted molar refractivity (Wildman–Crippen MR) is 95.7 cm³/mol. The normalized spacial score (nSPS) is 11.4. The van der Waals surface area contributed by atoms with Crippen molar-refractivity contribution in [3.8, 4) is 5.69 Å². The van der Waals surface area contributed by atoms with Crippen molar-refractivity contribution in [1.82, 2.24) is 14.5 Å². The summed E-state index contributed by atoms with van der Waals surface area (Å²) >= 11 is 5.71. The summed E-state index contributed by atoms with van der Waals surface area (Å²) in [4.78, 5) is 9.88. The lowest BCUT2D eigenvalue weighted by atomic mass is 10.2. The summed E-state index contributed by atoms with van der Waals surface area (Å²) in [6.07, 6.45) is 3.44. The molecule has 0 saturated heterocycles. The number of nitro benzene ring substituents is 1. The molecule has 0 radical (unpaired) electrons. The quantitative estimate of drug-likeness (QED) is 0.512. The van der Waals surface area contributed by atoms with Gasteiger partial charge in [0.2, 0.25) is 10.0 Å². The van der Waals surface area contributed by atoms with Crippen molar-refractivity contribution < 1.29 is 13.3 Å². The van der Waals surface area contributed by atoms with E-state index in [4.69, 9.17) is 11.6 Å². The number of nitrogens with one attached hydrogen (secondary N) is 1. The summed E-state index contributed by atoms with van der Waals surface area (Å²) in [6.45, 7) is -0.0124. The van der Waals surface area contributed by atoms with Gasteiger partial charge in [-0.05, 0) is 35.9 Å². The van der Waals surface area contributed by atoms with Crippen molar-refractivity contribution in [2.24, 2.45) is 0 Å². The van der Waals surface area contributed by atoms with Gasteiger partial charge in [0.15, 0.2) is 4.90 Å². The van der Waals surface area contributed by atoms with Gasteiger partial charge < -0.3 is 0 Å². The maximum Gasteiger partial charge on any atom is 0.290 e. The molecule has 0 fully saturated rings. The molecule has 0 unspecified atom stereocenters. The summed E-state index contributed by atoms with van der Waals surface area (Å²) in [5.41, 5.74) is 0.954. The molecule has 0 aliphatic carbocycles. The van der Waals surface area contributed by atoms with Crippen LogP contribution in [0.3, 0.4) is 0 Å². The lowest BCUT2D eigenvalue weighted by Crippen LogP contribution is -2.24. The Morgan fingerprint density at radius 2 is 1.92 bits per heavy atom. The topological polar surface area (TPSA) is 107 Å². The molecule has 26 heavy (non-hydrogen) atoms. The Morgan fingerprint density at radius 1 is 1.19 bits per heavy atom. The third-order valence-electron chi connectivity index (χ3n) is 3.58. The van der Waals surface area contributed by atoms with Crippen LogP contribution >= 0.6 is 11.6 Å². The molecular formula is C16H13ClN4O4S. The third kappa shape index (κ3) is 3.90. The zero-order chi connectivity index (χ0) is 18.7. The molecule has 0 saturated carbocycles. The molecule has 1 aromatic heterocycles. The second kappa shape index (κ2) is 7.24. The highest BCUT2D eigenvalue weighted by atomic mass is 35.5. The molecule has 3 rings (SSSR count). The first kappa shape index (κ1) is 18.1. The summed E-state index contributed by atoms with van der Waals surface area (Å²) in [5, 5.41) is 15.3. The summed E-state index contributed by atoms with van der Waals surface area (Å²) in [7, 11) is -4.07. The Labute approximate surface area is 154 Å². The van der Waals surface area contributed by atoms with Crippen LogP contribution in [0.1, 0.15) is 5.56 Å². The minimum atomic E-state index is -4.07. The lowest BCUT2D eigenvalue weighted by molar-refractivity contribution is -0.387. The van der Waals surface area contributed by atoms with Gasteiger partial charge in [-0.25, -0.2) is 17.8 Å². The van der Waals surface area contributed by atoms with Crippen molar-refractivity contribution in [2.75, 3.05) is 0 Å². The van der Waals surface area contributed by atoms with E-state index >= 15 is 0 Å². The zero-order valence-corrected chi connectivity index (χ0v) is 14.8. The Hall–Kier alpha value is -2.75. The van der Waals surface area contributed by atoms with Crippen LogP contribution in [0.4, 0.5) is 5.69 Å². The minimum absolute atomic E-state index is 0.0124. The number of benzene rings is 2. The molecule has 2 aromatic carbocycles. The van der Waals surface area contributed by atoms with Crippen LogP contribution in [0, 0.1) is 10.1 Å². The number of nitro groups is 1. The van der Waals surface area contributed by atoms with Gasteiger partial charge >= 0.3 is 0 Å². The molecule has 1 heterocycles. The molecule has 0 aliphatic heterocycles. The maximum atomic E-state index is 12.4. The number of nitrogens with zero attached hydrogens (tertiary/aromatic N) is 3. The van der Waals surface area contributed by atoms with Crippen LogP contribution in [0.2, 0.25) is 5.02 Å². The SMILES string of the molecule is O=[N+]([O-])c1cc(Cl)ccc1S(=O)(=O)NCc1ccc(-n2cccn2)cc1. The van der Waals surface area contributed by atoms with E-state index in [2.05, 4.69) is 9.82 Å². The number of rotatable bonds is 6. The van der Waals surface area contributed by atoms with E-state index in [1.54, 1.807) is 47.4 Å². The molecule has 10 heteroatoms. The van der Waals surface area contributed by atoms with Gasteiger partial charge in [0.25, 0.3) is 5.69 Å². The van der Waals surface area contributed by atoms with Gasteiger partial charge in [0.05, 0.1) is 10.6 Å². The van der Waals surface area contributed by atoms with Gasteiger partial charge in [-0.15, -0.1) is 0 Å². The first-order chi connectivity index (χ1) is 12.4. The number of hydrogen-bond acceptors (Lipinski definition) is 5. The molecule has 0 spiro atoms. The summed E-state index contributed by atoms with van der Waals surface area (Å²) in [5.74, 6) is 0. The second-order valence-corrected chi connectivity index (χ2v) is 7.48. The van der Waals surface area contributed by atoms with Crippen LogP contribution in [0.15, 0.2) is 65.8 Å². The van der Waals surface area contributed by atoms with Crippen molar-refractivity contribution in [3.63, 3.8) is 0 Å². The van der Waals surface area contributed by atoms with E-state index in [0.29, 0.717) is 5.56 Å². The molecule has 8 nitrogen and oxygen atoms in total. The van der Waals surface area contributed by atoms with Gasteiger partial charge in [0.1, 0.15) is 0 Å². The van der Waals surface area contributed by atoms with Crippen molar-refractivity contribution in [1.29, 1.82) is 0 Å². The zero-order valence-electron chi connectivity index (χ0n) is 13.2. The van der Waals surface area contributed by atoms with Gasteiger partial charge in [0, 0.05) is 30.0 Å². The summed E-state index contributed by atoms with van der Waals surface area (Å²) < 4.78 is 28.9. The Balaban J connectivity index is 1.78. The van der Waals surface area contributed by atoms with Crippen molar-refractivity contribution >= 4 is 27.3 Å². The van der Waals surface area contributed by atoms with Crippen molar-refractivity contribution in [3.05, 3.63) is 81.6 Å². The number of aromatic nitrogens is 2. The monoisotopic (exact) mass is 392 g/mol. The van der Waals surface area contributed by atoms with E-state index in [9.17, 15) is 18.5 Å². The smallest absolute Gasteiger partial charge is 0.258 e. The van der Waals surface area contributed by atoms with Gasteiger partial charge in [-0.2, -0.15) is 5.10 Å². The molecule has 134 valence electrons. The Kier molecular flexibility index (Phi) is 5.03. The Bertz CT molecular complexity index is 1030. The largest absolute Gasteiger partial charge is 0.290 e. The predicted octanol–water partition coefficient (Wildman–Crippen LogP) is 2.91. The fourth-order valence-corrected chi connectivity index (χ4v) is 3.64. The molecule has 0 bridgehead atoms. The standard InChI is InChI=1S/C16H13ClN4O4S/c17-13-4-7-16(15(10-13)21(22)23)26(24,25)19-11-12-2-5-14(6-3-12)20-9-1-8-18-20/h1-10,19H,11H2. The van der Waals surface area contributed by atoms with Crippen LogP contribution in [-0.4, -0.2) is 23.1 Å². The first-order valence-corrected chi connectivity index (χ1v) is 9.25. The second-order valence-electron chi connectivity index (χ2n) is 5.31. The fraction of sp³-hybridized carbons (Fsp3) is 0.0625. The van der Waals surface area contributed by atoms with E-state index < -0.39 is 25.5 Å². The van der Waals surface area contributed by atoms with Gasteiger partial charge in [-0.3, -0.25) is 10.1 Å². The van der Waals surface area contributed by atoms with Crippen LogP contribution in [0.25, 0.3) is 5.69 Å². The minimum Gasteiger partial charge on any atom is -0.258 e. The highest BCUT2D eigenvalue weighted by Gasteiger charge is 2.25.